The molecule has 2 aromatic rings. The van der Waals surface area contributed by atoms with Crippen molar-refractivity contribution in [2.24, 2.45) is 4.99 Å². The molecule has 2 aromatic carbocycles. The fraction of sp³-hybridized carbons (Fsp3) is 0.235. The number of benzene rings is 2. The fourth-order valence-corrected chi connectivity index (χ4v) is 2.20. The van der Waals surface area contributed by atoms with Gasteiger partial charge in [-0.25, -0.2) is 0 Å². The van der Waals surface area contributed by atoms with Crippen LogP contribution >= 0.6 is 11.6 Å². The molecule has 4 nitrogen and oxygen atoms in total. The van der Waals surface area contributed by atoms with Gasteiger partial charge in [0, 0.05) is 11.2 Å². The van der Waals surface area contributed by atoms with Crippen molar-refractivity contribution in [2.45, 2.75) is 6.92 Å². The minimum absolute atomic E-state index is 0.608. The minimum Gasteiger partial charge on any atom is -0.494 e. The Kier molecular flexibility index (Phi) is 5.28. The van der Waals surface area contributed by atoms with Crippen molar-refractivity contribution in [2.75, 3.05) is 21.3 Å². The lowest BCUT2D eigenvalue weighted by Crippen LogP contribution is -1.95. The van der Waals surface area contributed by atoms with Gasteiger partial charge in [0.1, 0.15) is 11.4 Å². The molecule has 0 aliphatic heterocycles. The van der Waals surface area contributed by atoms with Crippen LogP contribution in [0.5, 0.6) is 17.2 Å². The van der Waals surface area contributed by atoms with Crippen LogP contribution in [-0.4, -0.2) is 27.5 Å². The van der Waals surface area contributed by atoms with E-state index in [0.717, 1.165) is 11.1 Å². The van der Waals surface area contributed by atoms with Gasteiger partial charge >= 0.3 is 0 Å². The highest BCUT2D eigenvalue weighted by atomic mass is 35.5. The van der Waals surface area contributed by atoms with Crippen LogP contribution in [0.3, 0.4) is 0 Å². The van der Waals surface area contributed by atoms with Crippen molar-refractivity contribution >= 4 is 23.5 Å². The third-order valence-corrected chi connectivity index (χ3v) is 3.49. The van der Waals surface area contributed by atoms with Crippen molar-refractivity contribution in [3.63, 3.8) is 0 Å². The van der Waals surface area contributed by atoms with E-state index in [1.165, 1.54) is 0 Å². The fourth-order valence-electron chi connectivity index (χ4n) is 2.04. The van der Waals surface area contributed by atoms with Gasteiger partial charge in [0.05, 0.1) is 21.3 Å². The molecule has 2 rings (SSSR count). The van der Waals surface area contributed by atoms with E-state index in [2.05, 4.69) is 4.99 Å². The molecule has 0 saturated carbocycles. The quantitative estimate of drug-likeness (QED) is 0.766. The van der Waals surface area contributed by atoms with Crippen LogP contribution in [-0.2, 0) is 0 Å². The van der Waals surface area contributed by atoms with Gasteiger partial charge in [-0.05, 0) is 48.4 Å². The first-order valence-electron chi connectivity index (χ1n) is 6.69. The van der Waals surface area contributed by atoms with Crippen LogP contribution in [0.4, 0.5) is 5.69 Å². The molecule has 0 fully saturated rings. The largest absolute Gasteiger partial charge is 0.494 e. The van der Waals surface area contributed by atoms with Crippen molar-refractivity contribution in [1.29, 1.82) is 0 Å². The highest BCUT2D eigenvalue weighted by Gasteiger charge is 2.08. The normalized spacial score (nSPS) is 10.8. The van der Waals surface area contributed by atoms with E-state index in [4.69, 9.17) is 25.8 Å². The van der Waals surface area contributed by atoms with Crippen molar-refractivity contribution in [1.82, 2.24) is 0 Å². The predicted molar refractivity (Wildman–Crippen MR) is 89.5 cm³/mol. The zero-order chi connectivity index (χ0) is 16.1. The maximum atomic E-state index is 6.01. The molecular weight excluding hydrogens is 302 g/mol. The summed E-state index contributed by atoms with van der Waals surface area (Å²) in [5, 5.41) is 0.608. The van der Waals surface area contributed by atoms with E-state index >= 15 is 0 Å². The second-order valence-electron chi connectivity index (χ2n) is 4.64. The Bertz CT molecular complexity index is 699. The van der Waals surface area contributed by atoms with Gasteiger partial charge in [-0.3, -0.25) is 4.99 Å². The molecule has 0 N–H and O–H groups in total. The molecule has 0 bridgehead atoms. The molecule has 0 aromatic heterocycles. The highest BCUT2D eigenvalue weighted by molar-refractivity contribution is 6.30. The Morgan fingerprint density at radius 1 is 0.909 bits per heavy atom. The number of nitrogens with zero attached hydrogens (tertiary/aromatic N) is 1. The molecule has 116 valence electrons. The third kappa shape index (κ3) is 3.52. The first-order chi connectivity index (χ1) is 10.6. The molecule has 0 amide bonds. The SMILES string of the molecule is COc1ccc(Cl)cc1N=Cc1cc(OC)c(OC)cc1C. The van der Waals surface area contributed by atoms with Gasteiger partial charge in [0.25, 0.3) is 0 Å². The molecular formula is C17H18ClNO3. The lowest BCUT2D eigenvalue weighted by Gasteiger charge is -2.10. The number of rotatable bonds is 5. The lowest BCUT2D eigenvalue weighted by molar-refractivity contribution is 0.354. The van der Waals surface area contributed by atoms with E-state index in [9.17, 15) is 0 Å². The first kappa shape index (κ1) is 16.2. The second kappa shape index (κ2) is 7.18. The van der Waals surface area contributed by atoms with Crippen LogP contribution in [0.2, 0.25) is 5.02 Å². The first-order valence-corrected chi connectivity index (χ1v) is 7.07. The maximum Gasteiger partial charge on any atom is 0.161 e. The summed E-state index contributed by atoms with van der Waals surface area (Å²) in [7, 11) is 4.82. The molecule has 0 aliphatic carbocycles. The number of ether oxygens (including phenoxy) is 3. The molecule has 0 atom stereocenters. The van der Waals surface area contributed by atoms with E-state index in [0.29, 0.717) is 28.0 Å². The van der Waals surface area contributed by atoms with Gasteiger partial charge in [-0.15, -0.1) is 0 Å². The van der Waals surface area contributed by atoms with Crippen LogP contribution in [0, 0.1) is 6.92 Å². The summed E-state index contributed by atoms with van der Waals surface area (Å²) in [5.74, 6) is 2.02. The van der Waals surface area contributed by atoms with Gasteiger partial charge in [0.15, 0.2) is 11.5 Å². The van der Waals surface area contributed by atoms with Crippen molar-refractivity contribution in [3.8, 4) is 17.2 Å². The lowest BCUT2D eigenvalue weighted by atomic mass is 10.1. The highest BCUT2D eigenvalue weighted by Crippen LogP contribution is 2.32. The topological polar surface area (TPSA) is 40.0 Å². The van der Waals surface area contributed by atoms with E-state index in [1.54, 1.807) is 45.7 Å². The molecule has 5 heteroatoms. The molecule has 0 saturated heterocycles. The monoisotopic (exact) mass is 319 g/mol. The van der Waals surface area contributed by atoms with Gasteiger partial charge in [-0.1, -0.05) is 11.6 Å². The number of hydrogen-bond acceptors (Lipinski definition) is 4. The van der Waals surface area contributed by atoms with Gasteiger partial charge in [0.2, 0.25) is 0 Å². The Labute approximate surface area is 135 Å². The van der Waals surface area contributed by atoms with Crippen LogP contribution < -0.4 is 14.2 Å². The van der Waals surface area contributed by atoms with E-state index in [-0.39, 0.29) is 0 Å². The smallest absolute Gasteiger partial charge is 0.161 e. The Hall–Kier alpha value is -2.20. The molecule has 0 unspecified atom stereocenters. The van der Waals surface area contributed by atoms with Gasteiger partial charge in [-0.2, -0.15) is 0 Å². The standard InChI is InChI=1S/C17H18ClNO3/c1-11-7-16(21-3)17(22-4)8-12(11)10-19-14-9-13(18)5-6-15(14)20-2/h5-10H,1-4H3. The van der Waals surface area contributed by atoms with Crippen LogP contribution in [0.25, 0.3) is 0 Å². The Balaban J connectivity index is 2.40. The summed E-state index contributed by atoms with van der Waals surface area (Å²) in [6.45, 7) is 1.98. The zero-order valence-corrected chi connectivity index (χ0v) is 13.8. The summed E-state index contributed by atoms with van der Waals surface area (Å²) in [5.41, 5.74) is 2.63. The molecule has 0 heterocycles. The van der Waals surface area contributed by atoms with Crippen LogP contribution in [0.15, 0.2) is 35.3 Å². The van der Waals surface area contributed by atoms with Gasteiger partial charge < -0.3 is 14.2 Å². The molecule has 0 radical (unpaired) electrons. The summed E-state index contributed by atoms with van der Waals surface area (Å²) in [6, 6.07) is 9.11. The molecule has 0 spiro atoms. The summed E-state index contributed by atoms with van der Waals surface area (Å²) in [6.07, 6.45) is 1.76. The number of aliphatic imine (C=N–C) groups is 1. The van der Waals surface area contributed by atoms with Crippen LogP contribution in [0.1, 0.15) is 11.1 Å². The minimum atomic E-state index is 0.608. The summed E-state index contributed by atoms with van der Waals surface area (Å²) >= 11 is 6.01. The number of hydrogen-bond donors (Lipinski definition) is 0. The summed E-state index contributed by atoms with van der Waals surface area (Å²) < 4.78 is 15.9. The predicted octanol–water partition coefficient (Wildman–Crippen LogP) is 4.42. The van der Waals surface area contributed by atoms with Crippen molar-refractivity contribution < 1.29 is 14.2 Å². The Morgan fingerprint density at radius 2 is 1.55 bits per heavy atom. The van der Waals surface area contributed by atoms with Crippen molar-refractivity contribution in [3.05, 3.63) is 46.5 Å². The maximum absolute atomic E-state index is 6.01. The molecule has 22 heavy (non-hydrogen) atoms. The summed E-state index contributed by atoms with van der Waals surface area (Å²) in [4.78, 5) is 4.47. The molecule has 0 aliphatic rings. The van der Waals surface area contributed by atoms with E-state index in [1.807, 2.05) is 19.1 Å². The number of halogens is 1. The second-order valence-corrected chi connectivity index (χ2v) is 5.07. The Morgan fingerprint density at radius 3 is 2.18 bits per heavy atom. The third-order valence-electron chi connectivity index (χ3n) is 3.26. The average molecular weight is 320 g/mol. The number of aryl methyl sites for hydroxylation is 1. The van der Waals surface area contributed by atoms with E-state index < -0.39 is 0 Å². The zero-order valence-electron chi connectivity index (χ0n) is 13.0. The average Bonchev–Trinajstić information content (AvgIpc) is 2.53. The number of methoxy groups -OCH3 is 3.